The van der Waals surface area contributed by atoms with Crippen molar-refractivity contribution in [3.05, 3.63) is 100 Å². The first kappa shape index (κ1) is 27.2. The average molecular weight is 511 g/mol. The predicted molar refractivity (Wildman–Crippen MR) is 140 cm³/mol. The molecule has 0 fully saturated rings. The molecule has 0 radical (unpaired) electrons. The number of hydrogen-bond donors (Lipinski definition) is 1. The molecule has 0 bridgehead atoms. The molecule has 0 saturated carbocycles. The van der Waals surface area contributed by atoms with Gasteiger partial charge in [-0.05, 0) is 48.7 Å². The molecule has 0 aliphatic heterocycles. The molecule has 0 spiro atoms. The highest BCUT2D eigenvalue weighted by atomic mass is 35.5. The summed E-state index contributed by atoms with van der Waals surface area (Å²) in [5.74, 6) is -0.573. The van der Waals surface area contributed by atoms with Gasteiger partial charge < -0.3 is 15.0 Å². The standard InChI is InChI=1S/C29H32ClFN2O3/c1-4-20(2)32-29(35)27(17-21-10-6-5-7-11-21)33(19-22-12-8-13-23(16-22)36-3)28(34)18-24-25(30)14-9-15-26(24)31/h5-16,20,27H,4,17-19H2,1-3H3,(H,32,35). The highest BCUT2D eigenvalue weighted by molar-refractivity contribution is 6.31. The predicted octanol–water partition coefficient (Wildman–Crippen LogP) is 5.59. The van der Waals surface area contributed by atoms with Crippen molar-refractivity contribution in [1.82, 2.24) is 10.2 Å². The number of carbonyl (C=O) groups is 2. The first-order chi connectivity index (χ1) is 17.3. The number of benzene rings is 3. The van der Waals surface area contributed by atoms with E-state index in [0.717, 1.165) is 17.5 Å². The van der Waals surface area contributed by atoms with Crippen LogP contribution in [0.3, 0.4) is 0 Å². The van der Waals surface area contributed by atoms with Gasteiger partial charge in [0.2, 0.25) is 11.8 Å². The Morgan fingerprint density at radius 2 is 1.72 bits per heavy atom. The van der Waals surface area contributed by atoms with Crippen molar-refractivity contribution in [3.63, 3.8) is 0 Å². The molecule has 190 valence electrons. The number of amides is 2. The Labute approximate surface area is 217 Å². The van der Waals surface area contributed by atoms with Crippen LogP contribution in [0.5, 0.6) is 5.75 Å². The van der Waals surface area contributed by atoms with Gasteiger partial charge in [0.25, 0.3) is 0 Å². The molecule has 0 aliphatic carbocycles. The Balaban J connectivity index is 2.02. The molecule has 0 aromatic heterocycles. The van der Waals surface area contributed by atoms with Gasteiger partial charge in [0.15, 0.2) is 0 Å². The summed E-state index contributed by atoms with van der Waals surface area (Å²) in [5, 5.41) is 3.20. The summed E-state index contributed by atoms with van der Waals surface area (Å²) in [6, 6.07) is 20.3. The fraction of sp³-hybridized carbons (Fsp3) is 0.310. The minimum Gasteiger partial charge on any atom is -0.497 e. The molecule has 3 aromatic carbocycles. The number of hydrogen-bond acceptors (Lipinski definition) is 3. The highest BCUT2D eigenvalue weighted by Gasteiger charge is 2.31. The van der Waals surface area contributed by atoms with E-state index in [1.165, 1.54) is 17.0 Å². The highest BCUT2D eigenvalue weighted by Crippen LogP contribution is 2.23. The molecule has 0 heterocycles. The van der Waals surface area contributed by atoms with Crippen LogP contribution in [0.1, 0.15) is 37.0 Å². The molecule has 2 atom stereocenters. The number of rotatable bonds is 11. The van der Waals surface area contributed by atoms with Crippen molar-refractivity contribution in [1.29, 1.82) is 0 Å². The van der Waals surface area contributed by atoms with E-state index in [9.17, 15) is 14.0 Å². The molecule has 36 heavy (non-hydrogen) atoms. The van der Waals surface area contributed by atoms with Gasteiger partial charge >= 0.3 is 0 Å². The van der Waals surface area contributed by atoms with Gasteiger partial charge in [-0.1, -0.05) is 67.1 Å². The minimum atomic E-state index is -0.814. The molecule has 7 heteroatoms. The average Bonchev–Trinajstić information content (AvgIpc) is 2.88. The molecular formula is C29H32ClFN2O3. The summed E-state index contributed by atoms with van der Waals surface area (Å²) in [6.07, 6.45) is 0.791. The van der Waals surface area contributed by atoms with E-state index in [1.54, 1.807) is 13.2 Å². The van der Waals surface area contributed by atoms with Gasteiger partial charge in [-0.3, -0.25) is 9.59 Å². The number of ether oxygens (including phenoxy) is 1. The van der Waals surface area contributed by atoms with Crippen LogP contribution in [0, 0.1) is 5.82 Å². The lowest BCUT2D eigenvalue weighted by atomic mass is 10.0. The fourth-order valence-corrected chi connectivity index (χ4v) is 4.15. The zero-order valence-electron chi connectivity index (χ0n) is 20.8. The van der Waals surface area contributed by atoms with Crippen LogP contribution in [0.15, 0.2) is 72.8 Å². The van der Waals surface area contributed by atoms with Crippen LogP contribution in [-0.4, -0.2) is 35.9 Å². The zero-order chi connectivity index (χ0) is 26.1. The normalized spacial score (nSPS) is 12.5. The first-order valence-corrected chi connectivity index (χ1v) is 12.4. The number of methoxy groups -OCH3 is 1. The van der Waals surface area contributed by atoms with Crippen molar-refractivity contribution in [2.24, 2.45) is 0 Å². The molecule has 0 saturated heterocycles. The minimum absolute atomic E-state index is 0.0643. The van der Waals surface area contributed by atoms with Crippen LogP contribution >= 0.6 is 11.6 Å². The van der Waals surface area contributed by atoms with Gasteiger partial charge in [-0.15, -0.1) is 0 Å². The smallest absolute Gasteiger partial charge is 0.243 e. The Morgan fingerprint density at radius 3 is 2.39 bits per heavy atom. The van der Waals surface area contributed by atoms with E-state index >= 15 is 0 Å². The Bertz CT molecular complexity index is 1150. The lowest BCUT2D eigenvalue weighted by molar-refractivity contribution is -0.141. The second-order valence-electron chi connectivity index (χ2n) is 8.77. The Kier molecular flexibility index (Phi) is 9.88. The first-order valence-electron chi connectivity index (χ1n) is 12.0. The quantitative estimate of drug-likeness (QED) is 0.366. The van der Waals surface area contributed by atoms with E-state index in [2.05, 4.69) is 5.32 Å². The number of carbonyl (C=O) groups excluding carboxylic acids is 2. The van der Waals surface area contributed by atoms with Gasteiger partial charge in [0, 0.05) is 29.6 Å². The molecule has 5 nitrogen and oxygen atoms in total. The lowest BCUT2D eigenvalue weighted by Crippen LogP contribution is -2.52. The van der Waals surface area contributed by atoms with Crippen LogP contribution in [0.4, 0.5) is 4.39 Å². The van der Waals surface area contributed by atoms with Crippen LogP contribution in [0.25, 0.3) is 0 Å². The summed E-state index contributed by atoms with van der Waals surface area (Å²) < 4.78 is 19.9. The summed E-state index contributed by atoms with van der Waals surface area (Å²) in [7, 11) is 1.57. The lowest BCUT2D eigenvalue weighted by Gasteiger charge is -2.32. The van der Waals surface area contributed by atoms with Crippen molar-refractivity contribution in [3.8, 4) is 5.75 Å². The van der Waals surface area contributed by atoms with Crippen molar-refractivity contribution < 1.29 is 18.7 Å². The Morgan fingerprint density at radius 1 is 1.03 bits per heavy atom. The molecular weight excluding hydrogens is 479 g/mol. The van der Waals surface area contributed by atoms with E-state index in [1.807, 2.05) is 68.4 Å². The Hall–Kier alpha value is -3.38. The van der Waals surface area contributed by atoms with Crippen LogP contribution < -0.4 is 10.1 Å². The van der Waals surface area contributed by atoms with E-state index in [4.69, 9.17) is 16.3 Å². The van der Waals surface area contributed by atoms with Gasteiger partial charge in [-0.2, -0.15) is 0 Å². The fourth-order valence-electron chi connectivity index (χ4n) is 3.92. The maximum Gasteiger partial charge on any atom is 0.243 e. The van der Waals surface area contributed by atoms with E-state index < -0.39 is 17.8 Å². The zero-order valence-corrected chi connectivity index (χ0v) is 21.6. The third-order valence-electron chi connectivity index (χ3n) is 6.15. The van der Waals surface area contributed by atoms with E-state index in [0.29, 0.717) is 12.2 Å². The van der Waals surface area contributed by atoms with Crippen LogP contribution in [0.2, 0.25) is 5.02 Å². The largest absolute Gasteiger partial charge is 0.497 e. The summed E-state index contributed by atoms with van der Waals surface area (Å²) >= 11 is 6.23. The molecule has 3 aromatic rings. The monoisotopic (exact) mass is 510 g/mol. The number of nitrogens with zero attached hydrogens (tertiary/aromatic N) is 1. The summed E-state index contributed by atoms with van der Waals surface area (Å²) in [4.78, 5) is 28.8. The summed E-state index contributed by atoms with van der Waals surface area (Å²) in [6.45, 7) is 4.05. The topological polar surface area (TPSA) is 58.6 Å². The number of nitrogens with one attached hydrogen (secondary N) is 1. The van der Waals surface area contributed by atoms with E-state index in [-0.39, 0.29) is 35.5 Å². The van der Waals surface area contributed by atoms with Gasteiger partial charge in [0.1, 0.15) is 17.6 Å². The molecule has 1 N–H and O–H groups in total. The maximum absolute atomic E-state index is 14.6. The molecule has 2 amide bonds. The third-order valence-corrected chi connectivity index (χ3v) is 6.50. The second kappa shape index (κ2) is 13.1. The van der Waals surface area contributed by atoms with Crippen molar-refractivity contribution in [2.45, 2.75) is 51.7 Å². The van der Waals surface area contributed by atoms with Crippen molar-refractivity contribution >= 4 is 23.4 Å². The second-order valence-corrected chi connectivity index (χ2v) is 9.18. The van der Waals surface area contributed by atoms with Gasteiger partial charge in [-0.25, -0.2) is 4.39 Å². The maximum atomic E-state index is 14.6. The van der Waals surface area contributed by atoms with Crippen LogP contribution in [-0.2, 0) is 29.0 Å². The van der Waals surface area contributed by atoms with Crippen molar-refractivity contribution in [2.75, 3.05) is 7.11 Å². The SMILES string of the molecule is CCC(C)NC(=O)C(Cc1ccccc1)N(Cc1cccc(OC)c1)C(=O)Cc1c(F)cccc1Cl. The molecule has 3 rings (SSSR count). The summed E-state index contributed by atoms with van der Waals surface area (Å²) in [5.41, 5.74) is 1.81. The van der Waals surface area contributed by atoms with Gasteiger partial charge in [0.05, 0.1) is 13.5 Å². The third kappa shape index (κ3) is 7.31. The molecule has 2 unspecified atom stereocenters. The number of halogens is 2. The molecule has 0 aliphatic rings.